The van der Waals surface area contributed by atoms with Crippen LogP contribution in [0.15, 0.2) is 53.2 Å². The maximum atomic E-state index is 14.7. The van der Waals surface area contributed by atoms with Gasteiger partial charge in [-0.15, -0.1) is 11.8 Å². The van der Waals surface area contributed by atoms with Crippen LogP contribution in [0.25, 0.3) is 5.70 Å². The SMILES string of the molecule is CC1NC(c2cc(Cl)ccc2F)=CC(Nc2ccnc(NC(=O)[C@H]3CCC(CN4CCN(C)CC4)C3)c2)=C1SCCO. The van der Waals surface area contributed by atoms with Crippen LogP contribution in [0.5, 0.6) is 0 Å². The number of carbonyl (C=O) groups is 1. The Morgan fingerprint density at radius 3 is 2.81 bits per heavy atom. The third-order valence-corrected chi connectivity index (χ3v) is 9.71. The number of piperazine rings is 1. The van der Waals surface area contributed by atoms with Crippen LogP contribution in [0.2, 0.25) is 5.02 Å². The van der Waals surface area contributed by atoms with Crippen LogP contribution in [-0.4, -0.2) is 84.0 Å². The Bertz CT molecular complexity index is 1330. The van der Waals surface area contributed by atoms with Gasteiger partial charge in [-0.25, -0.2) is 9.37 Å². The molecule has 3 aliphatic rings. The van der Waals surface area contributed by atoms with Gasteiger partial charge in [-0.05, 0) is 69.5 Å². The van der Waals surface area contributed by atoms with Gasteiger partial charge in [0.1, 0.15) is 11.6 Å². The molecule has 5 rings (SSSR count). The zero-order valence-electron chi connectivity index (χ0n) is 24.2. The lowest BCUT2D eigenvalue weighted by Gasteiger charge is -2.33. The minimum atomic E-state index is -0.372. The Morgan fingerprint density at radius 2 is 2.02 bits per heavy atom. The standard InChI is InChI=1S/C31H40ClFN6O2S/c1-20-30(42-14-13-40)28(18-27(35-20)25-16-23(32)5-6-26(25)33)36-24-7-8-34-29(17-24)37-31(41)22-4-3-21(15-22)19-39-11-9-38(2)10-12-39/h5-8,16-18,20-22,35,40H,3-4,9-15,19H2,1-2H3,(H2,34,36,37,41)/t20?,21?,22-/m0/s1. The first-order valence-electron chi connectivity index (χ1n) is 14.7. The number of halogens is 2. The third-order valence-electron chi connectivity index (χ3n) is 8.20. The summed E-state index contributed by atoms with van der Waals surface area (Å²) in [7, 11) is 2.17. The number of amides is 1. The number of aliphatic hydroxyl groups excluding tert-OH is 1. The highest BCUT2D eigenvalue weighted by molar-refractivity contribution is 8.03. The summed E-state index contributed by atoms with van der Waals surface area (Å²) in [6, 6.07) is 8.00. The van der Waals surface area contributed by atoms with Crippen molar-refractivity contribution in [2.75, 3.05) is 62.8 Å². The van der Waals surface area contributed by atoms with Crippen molar-refractivity contribution in [3.63, 3.8) is 0 Å². The van der Waals surface area contributed by atoms with Crippen LogP contribution in [0.1, 0.15) is 31.7 Å². The molecule has 226 valence electrons. The summed E-state index contributed by atoms with van der Waals surface area (Å²) >= 11 is 7.70. The molecular formula is C31H40ClFN6O2S. The number of hydrogen-bond donors (Lipinski definition) is 4. The minimum Gasteiger partial charge on any atom is -0.396 e. The Morgan fingerprint density at radius 1 is 1.21 bits per heavy atom. The molecule has 1 saturated carbocycles. The Kier molecular flexibility index (Phi) is 10.4. The number of pyridine rings is 1. The fourth-order valence-corrected chi connectivity index (χ4v) is 7.00. The summed E-state index contributed by atoms with van der Waals surface area (Å²) in [5.41, 5.74) is 2.51. The van der Waals surface area contributed by atoms with Gasteiger partial charge in [0.25, 0.3) is 0 Å². The van der Waals surface area contributed by atoms with E-state index in [9.17, 15) is 14.3 Å². The molecule has 1 aromatic heterocycles. The zero-order chi connectivity index (χ0) is 29.6. The van der Waals surface area contributed by atoms with Crippen molar-refractivity contribution >= 4 is 46.5 Å². The lowest BCUT2D eigenvalue weighted by Crippen LogP contribution is -2.45. The van der Waals surface area contributed by atoms with Gasteiger partial charge in [0.15, 0.2) is 0 Å². The van der Waals surface area contributed by atoms with Crippen molar-refractivity contribution in [3.8, 4) is 0 Å². The van der Waals surface area contributed by atoms with Crippen LogP contribution in [0.3, 0.4) is 0 Å². The van der Waals surface area contributed by atoms with E-state index in [1.54, 1.807) is 12.3 Å². The number of likely N-dealkylation sites (N-methyl/N-ethyl adjacent to an activating group) is 1. The molecule has 4 N–H and O–H groups in total. The van der Waals surface area contributed by atoms with Gasteiger partial charge < -0.3 is 30.9 Å². The molecule has 0 radical (unpaired) electrons. The monoisotopic (exact) mass is 614 g/mol. The lowest BCUT2D eigenvalue weighted by atomic mass is 10.0. The summed E-state index contributed by atoms with van der Waals surface area (Å²) in [5, 5.41) is 19.8. The van der Waals surface area contributed by atoms with Gasteiger partial charge in [-0.1, -0.05) is 11.6 Å². The number of allylic oxidation sites excluding steroid dienone is 1. The van der Waals surface area contributed by atoms with E-state index in [0.717, 1.165) is 68.3 Å². The van der Waals surface area contributed by atoms with Crippen molar-refractivity contribution in [1.82, 2.24) is 20.1 Å². The minimum absolute atomic E-state index is 0.00609. The zero-order valence-corrected chi connectivity index (χ0v) is 25.8. The molecule has 2 fully saturated rings. The number of nitrogens with zero attached hydrogens (tertiary/aromatic N) is 3. The number of nitrogens with one attached hydrogen (secondary N) is 3. The molecule has 1 aromatic carbocycles. The number of hydrogen-bond acceptors (Lipinski definition) is 8. The van der Waals surface area contributed by atoms with E-state index >= 15 is 0 Å². The predicted molar refractivity (Wildman–Crippen MR) is 170 cm³/mol. The molecule has 0 bridgehead atoms. The van der Waals surface area contributed by atoms with Crippen LogP contribution < -0.4 is 16.0 Å². The molecule has 1 amide bonds. The van der Waals surface area contributed by atoms with Crippen molar-refractivity contribution in [3.05, 3.63) is 69.6 Å². The van der Waals surface area contributed by atoms with E-state index in [1.807, 2.05) is 25.1 Å². The molecule has 42 heavy (non-hydrogen) atoms. The Hall–Kier alpha value is -2.63. The van der Waals surface area contributed by atoms with Crippen LogP contribution in [0.4, 0.5) is 15.9 Å². The van der Waals surface area contributed by atoms with Gasteiger partial charge in [0.2, 0.25) is 5.91 Å². The van der Waals surface area contributed by atoms with Crippen molar-refractivity contribution in [1.29, 1.82) is 0 Å². The van der Waals surface area contributed by atoms with E-state index in [0.29, 0.717) is 33.8 Å². The highest BCUT2D eigenvalue weighted by Crippen LogP contribution is 2.35. The first kappa shape index (κ1) is 30.8. The maximum absolute atomic E-state index is 14.7. The number of thioether (sulfide) groups is 1. The summed E-state index contributed by atoms with van der Waals surface area (Å²) in [4.78, 5) is 23.5. The van der Waals surface area contributed by atoms with Gasteiger partial charge in [-0.2, -0.15) is 0 Å². The number of aliphatic hydroxyl groups is 1. The van der Waals surface area contributed by atoms with E-state index in [2.05, 4.69) is 37.8 Å². The average Bonchev–Trinajstić information content (AvgIpc) is 3.44. The summed E-state index contributed by atoms with van der Waals surface area (Å²) in [6.07, 6.45) is 6.41. The first-order chi connectivity index (χ1) is 20.3. The molecule has 3 heterocycles. The molecule has 2 aliphatic heterocycles. The number of benzene rings is 1. The molecule has 2 aromatic rings. The molecule has 2 unspecified atom stereocenters. The van der Waals surface area contributed by atoms with Gasteiger partial charge in [0.05, 0.1) is 18.3 Å². The fraction of sp³-hybridized carbons (Fsp3) is 0.484. The molecule has 1 aliphatic carbocycles. The van der Waals surface area contributed by atoms with Crippen molar-refractivity contribution < 1.29 is 14.3 Å². The molecule has 1 saturated heterocycles. The lowest BCUT2D eigenvalue weighted by molar-refractivity contribution is -0.119. The van der Waals surface area contributed by atoms with Crippen molar-refractivity contribution in [2.45, 2.75) is 32.2 Å². The smallest absolute Gasteiger partial charge is 0.228 e. The number of carbonyl (C=O) groups excluding carboxylic acids is 1. The number of anilines is 2. The predicted octanol–water partition coefficient (Wildman–Crippen LogP) is 4.86. The van der Waals surface area contributed by atoms with Crippen LogP contribution in [-0.2, 0) is 4.79 Å². The summed E-state index contributed by atoms with van der Waals surface area (Å²) < 4.78 is 14.7. The number of rotatable bonds is 10. The van der Waals surface area contributed by atoms with E-state index in [4.69, 9.17) is 11.6 Å². The maximum Gasteiger partial charge on any atom is 0.228 e. The van der Waals surface area contributed by atoms with Gasteiger partial charge in [-0.3, -0.25) is 4.79 Å². The molecule has 8 nitrogen and oxygen atoms in total. The topological polar surface area (TPSA) is 92.8 Å². The van der Waals surface area contributed by atoms with Gasteiger partial charge >= 0.3 is 0 Å². The number of aromatic nitrogens is 1. The third kappa shape index (κ3) is 7.85. The first-order valence-corrected chi connectivity index (χ1v) is 16.0. The van der Waals surface area contributed by atoms with Crippen LogP contribution in [0, 0.1) is 17.7 Å². The van der Waals surface area contributed by atoms with Crippen LogP contribution >= 0.6 is 23.4 Å². The molecular weight excluding hydrogens is 575 g/mol. The normalized spacial score (nSPS) is 23.5. The average molecular weight is 615 g/mol. The quantitative estimate of drug-likeness (QED) is 0.302. The summed E-state index contributed by atoms with van der Waals surface area (Å²) in [6.45, 7) is 7.52. The van der Waals surface area contributed by atoms with E-state index in [-0.39, 0.29) is 30.3 Å². The largest absolute Gasteiger partial charge is 0.396 e. The summed E-state index contributed by atoms with van der Waals surface area (Å²) in [5.74, 6) is 1.21. The molecule has 0 spiro atoms. The Balaban J connectivity index is 1.26. The second kappa shape index (κ2) is 14.2. The highest BCUT2D eigenvalue weighted by atomic mass is 35.5. The fourth-order valence-electron chi connectivity index (χ4n) is 5.94. The number of dihydropyridines is 1. The molecule has 3 atom stereocenters. The van der Waals surface area contributed by atoms with Gasteiger partial charge in [0, 0.05) is 83.5 Å². The second-order valence-electron chi connectivity index (χ2n) is 11.4. The molecule has 11 heteroatoms. The highest BCUT2D eigenvalue weighted by Gasteiger charge is 2.32. The Labute approximate surface area is 256 Å². The van der Waals surface area contributed by atoms with Crippen molar-refractivity contribution in [2.24, 2.45) is 11.8 Å². The van der Waals surface area contributed by atoms with E-state index < -0.39 is 0 Å². The second-order valence-corrected chi connectivity index (χ2v) is 13.0. The van der Waals surface area contributed by atoms with E-state index in [1.165, 1.54) is 23.9 Å².